The lowest BCUT2D eigenvalue weighted by atomic mass is 9.79. The van der Waals surface area contributed by atoms with Crippen LogP contribution in [0.4, 0.5) is 0 Å². The minimum absolute atomic E-state index is 0.0971. The van der Waals surface area contributed by atoms with Crippen LogP contribution in [0.25, 0.3) is 0 Å². The van der Waals surface area contributed by atoms with Gasteiger partial charge in [0.15, 0.2) is 14.0 Å². The molecule has 2 heterocycles. The van der Waals surface area contributed by atoms with E-state index in [2.05, 4.69) is 33.9 Å². The molecule has 0 bridgehead atoms. The van der Waals surface area contributed by atoms with E-state index in [0.717, 1.165) is 0 Å². The van der Waals surface area contributed by atoms with Crippen LogP contribution in [0.15, 0.2) is 72.1 Å². The van der Waals surface area contributed by atoms with Gasteiger partial charge < -0.3 is 27.5 Å². The number of fused-ring (bicyclic) bond motifs is 1. The van der Waals surface area contributed by atoms with E-state index < -0.39 is 64.8 Å². The van der Waals surface area contributed by atoms with Crippen LogP contribution in [-0.4, -0.2) is 50.0 Å². The van der Waals surface area contributed by atoms with E-state index in [9.17, 15) is 18.9 Å². The average molecular weight is 674 g/mol. The Balaban J connectivity index is 1.70. The summed E-state index contributed by atoms with van der Waals surface area (Å²) in [6.45, 7) is 16.8. The maximum atomic E-state index is 14.4. The molecule has 2 aromatic carbocycles. The lowest BCUT2D eigenvalue weighted by Gasteiger charge is -2.49. The van der Waals surface area contributed by atoms with Gasteiger partial charge in [0.05, 0.1) is 24.0 Å². The Hall–Kier alpha value is -3.60. The standard InChI is InChI=1S/C33H44NO10PSi/c1-21(2)31(36)39-20-40-32(37)28-29(22(3)27-26(30(35)34(27)28)23(4)44-46(8,9)33(5,6)7)43-45(38,41-24-16-12-10-13-17-24)42-25-18-14-11-15-19-25/h10-19,21-23,26-27H,20H2,1-9H3/t22-,23-,26-,27-/m1/s1. The molecule has 0 radical (unpaired) electrons. The quantitative estimate of drug-likeness (QED) is 0.0716. The second-order valence-electron chi connectivity index (χ2n) is 13.3. The zero-order chi connectivity index (χ0) is 34.0. The van der Waals surface area contributed by atoms with Gasteiger partial charge in [0.2, 0.25) is 12.7 Å². The molecule has 2 aromatic rings. The molecule has 4 rings (SSSR count). The van der Waals surface area contributed by atoms with Crippen molar-refractivity contribution in [3.05, 3.63) is 72.1 Å². The molecule has 0 unspecified atom stereocenters. The minimum Gasteiger partial charge on any atom is -0.428 e. The van der Waals surface area contributed by atoms with Crippen molar-refractivity contribution < 1.29 is 46.4 Å². The third-order valence-corrected chi connectivity index (χ3v) is 14.4. The van der Waals surface area contributed by atoms with Crippen LogP contribution >= 0.6 is 7.82 Å². The van der Waals surface area contributed by atoms with Crippen LogP contribution in [-0.2, 0) is 37.4 Å². The number of benzene rings is 2. The molecule has 250 valence electrons. The minimum atomic E-state index is -4.54. The SMILES string of the molecule is CC(C)C(=O)OCOC(=O)C1=C(OP(=O)(Oc2ccccc2)Oc2ccccc2)[C@H](C)[C@@H]2[C@@H]([C@@H](C)O[Si](C)(C)C(C)(C)C)C(=O)N12. The van der Waals surface area contributed by atoms with E-state index in [1.807, 2.05) is 6.92 Å². The number of phosphoric ester groups is 1. The highest BCUT2D eigenvalue weighted by atomic mass is 31.2. The molecule has 13 heteroatoms. The molecule has 0 saturated carbocycles. The lowest BCUT2D eigenvalue weighted by Crippen LogP contribution is -2.65. The molecule has 11 nitrogen and oxygen atoms in total. The first-order chi connectivity index (χ1) is 21.5. The Kier molecular flexibility index (Phi) is 10.4. The maximum absolute atomic E-state index is 14.4. The van der Waals surface area contributed by atoms with Gasteiger partial charge in [-0.25, -0.2) is 4.79 Å². The molecule has 2 aliphatic heterocycles. The Morgan fingerprint density at radius 2 is 1.41 bits per heavy atom. The number of β-lactam (4-membered cyclic amide) rings is 1. The largest absolute Gasteiger partial charge is 0.646 e. The van der Waals surface area contributed by atoms with E-state index in [1.54, 1.807) is 81.4 Å². The molecule has 0 spiro atoms. The zero-order valence-electron chi connectivity index (χ0n) is 27.8. The van der Waals surface area contributed by atoms with Crippen molar-refractivity contribution in [2.24, 2.45) is 17.8 Å². The summed E-state index contributed by atoms with van der Waals surface area (Å²) in [5, 5.41) is -0.0971. The van der Waals surface area contributed by atoms with Crippen LogP contribution in [0.5, 0.6) is 11.5 Å². The van der Waals surface area contributed by atoms with E-state index in [-0.39, 0.29) is 33.9 Å². The highest BCUT2D eigenvalue weighted by Gasteiger charge is 2.63. The highest BCUT2D eigenvalue weighted by molar-refractivity contribution is 7.49. The Labute approximate surface area is 271 Å². The number of carbonyl (C=O) groups is 3. The van der Waals surface area contributed by atoms with Gasteiger partial charge in [-0.05, 0) is 49.3 Å². The molecular weight excluding hydrogens is 629 g/mol. The van der Waals surface area contributed by atoms with Crippen molar-refractivity contribution in [1.82, 2.24) is 4.90 Å². The van der Waals surface area contributed by atoms with Gasteiger partial charge in [-0.2, -0.15) is 4.57 Å². The van der Waals surface area contributed by atoms with E-state index >= 15 is 0 Å². The number of ether oxygens (including phenoxy) is 2. The van der Waals surface area contributed by atoms with Crippen molar-refractivity contribution in [3.63, 3.8) is 0 Å². The number of carbonyl (C=O) groups excluding carboxylic acids is 3. The summed E-state index contributed by atoms with van der Waals surface area (Å²) in [6, 6.07) is 16.1. The lowest BCUT2D eigenvalue weighted by molar-refractivity contribution is -0.173. The number of rotatable bonds is 13. The van der Waals surface area contributed by atoms with Crippen molar-refractivity contribution in [1.29, 1.82) is 0 Å². The summed E-state index contributed by atoms with van der Waals surface area (Å²) in [5.74, 6) is -3.31. The molecule has 0 aliphatic carbocycles. The van der Waals surface area contributed by atoms with Crippen LogP contribution in [0.3, 0.4) is 0 Å². The van der Waals surface area contributed by atoms with Crippen LogP contribution < -0.4 is 9.05 Å². The van der Waals surface area contributed by atoms with Gasteiger partial charge in [0.1, 0.15) is 17.3 Å². The number of esters is 2. The molecule has 0 aromatic heterocycles. The Morgan fingerprint density at radius 1 is 0.891 bits per heavy atom. The summed E-state index contributed by atoms with van der Waals surface area (Å²) in [6.07, 6.45) is -0.478. The predicted octanol–water partition coefficient (Wildman–Crippen LogP) is 7.07. The van der Waals surface area contributed by atoms with Crippen molar-refractivity contribution in [2.45, 2.75) is 78.7 Å². The summed E-state index contributed by atoms with van der Waals surface area (Å²) >= 11 is 0. The molecule has 1 saturated heterocycles. The monoisotopic (exact) mass is 673 g/mol. The first kappa shape index (κ1) is 35.3. The summed E-state index contributed by atoms with van der Waals surface area (Å²) in [4.78, 5) is 40.7. The number of hydrogen-bond donors (Lipinski definition) is 0. The highest BCUT2D eigenvalue weighted by Crippen LogP contribution is 2.57. The molecule has 2 aliphatic rings. The molecule has 4 atom stereocenters. The molecule has 1 fully saturated rings. The first-order valence-corrected chi connectivity index (χ1v) is 19.7. The number of amides is 1. The number of para-hydroxylation sites is 2. The molecule has 1 amide bonds. The van der Waals surface area contributed by atoms with Crippen molar-refractivity contribution in [2.75, 3.05) is 6.79 Å². The maximum Gasteiger partial charge on any atom is 0.646 e. The normalized spacial score (nSPS) is 20.5. The van der Waals surface area contributed by atoms with Gasteiger partial charge in [-0.15, -0.1) is 0 Å². The van der Waals surface area contributed by atoms with Gasteiger partial charge >= 0.3 is 19.8 Å². The van der Waals surface area contributed by atoms with E-state index in [1.165, 1.54) is 4.90 Å². The topological polar surface area (TPSA) is 127 Å². The summed E-state index contributed by atoms with van der Waals surface area (Å²) < 4.78 is 49.0. The molecule has 0 N–H and O–H groups in total. The van der Waals surface area contributed by atoms with E-state index in [0.29, 0.717) is 0 Å². The van der Waals surface area contributed by atoms with Crippen LogP contribution in [0.1, 0.15) is 48.5 Å². The van der Waals surface area contributed by atoms with Crippen molar-refractivity contribution >= 4 is 34.0 Å². The predicted molar refractivity (Wildman–Crippen MR) is 173 cm³/mol. The zero-order valence-corrected chi connectivity index (χ0v) is 29.7. The number of hydrogen-bond acceptors (Lipinski definition) is 10. The Bertz CT molecular complexity index is 1460. The van der Waals surface area contributed by atoms with Crippen LogP contribution in [0, 0.1) is 17.8 Å². The average Bonchev–Trinajstić information content (AvgIpc) is 3.20. The van der Waals surface area contributed by atoms with Gasteiger partial charge in [0.25, 0.3) is 0 Å². The molecular formula is C33H44NO10PSi. The van der Waals surface area contributed by atoms with Gasteiger partial charge in [-0.3, -0.25) is 14.5 Å². The fraction of sp³-hybridized carbons (Fsp3) is 0.485. The summed E-state index contributed by atoms with van der Waals surface area (Å²) in [5.41, 5.74) is -0.257. The third-order valence-electron chi connectivity index (χ3n) is 8.57. The van der Waals surface area contributed by atoms with Gasteiger partial charge in [0, 0.05) is 5.92 Å². The number of phosphoric acid groups is 1. The molecule has 46 heavy (non-hydrogen) atoms. The second kappa shape index (κ2) is 13.6. The summed E-state index contributed by atoms with van der Waals surface area (Å²) in [7, 11) is -6.81. The van der Waals surface area contributed by atoms with Gasteiger partial charge in [-0.1, -0.05) is 77.9 Å². The second-order valence-corrected chi connectivity index (χ2v) is 19.5. The smallest absolute Gasteiger partial charge is 0.428 e. The number of nitrogens with zero attached hydrogens (tertiary/aromatic N) is 1. The van der Waals surface area contributed by atoms with E-state index in [4.69, 9.17) is 27.5 Å². The third kappa shape index (κ3) is 7.51. The van der Waals surface area contributed by atoms with Crippen LogP contribution in [0.2, 0.25) is 18.1 Å². The fourth-order valence-corrected chi connectivity index (χ4v) is 7.90. The fourth-order valence-electron chi connectivity index (χ4n) is 5.11. The first-order valence-electron chi connectivity index (χ1n) is 15.3. The Morgan fingerprint density at radius 3 is 1.89 bits per heavy atom. The van der Waals surface area contributed by atoms with Crippen molar-refractivity contribution in [3.8, 4) is 11.5 Å².